The number of esters is 1. The maximum atomic E-state index is 12.4. The fourth-order valence-electron chi connectivity index (χ4n) is 3.63. The molecule has 1 aromatic rings. The predicted octanol–water partition coefficient (Wildman–Crippen LogP) is 0.501. The lowest BCUT2D eigenvalue weighted by Gasteiger charge is -2.40. The van der Waals surface area contributed by atoms with Crippen LogP contribution in [0, 0.1) is 21.4 Å². The van der Waals surface area contributed by atoms with Gasteiger partial charge < -0.3 is 20.7 Å². The lowest BCUT2D eigenvalue weighted by Crippen LogP contribution is -2.52. The summed E-state index contributed by atoms with van der Waals surface area (Å²) in [6.45, 7) is 0.951. The third-order valence-electron chi connectivity index (χ3n) is 4.64. The summed E-state index contributed by atoms with van der Waals surface area (Å²) in [5, 5.41) is 24.7. The van der Waals surface area contributed by atoms with E-state index in [0.29, 0.717) is 19.5 Å². The van der Waals surface area contributed by atoms with Crippen molar-refractivity contribution >= 4 is 5.97 Å². The van der Waals surface area contributed by atoms with E-state index in [9.17, 15) is 20.2 Å². The van der Waals surface area contributed by atoms with Crippen LogP contribution in [-0.2, 0) is 10.3 Å². The van der Waals surface area contributed by atoms with Crippen LogP contribution in [0.4, 0.5) is 0 Å². The first-order chi connectivity index (χ1) is 12.0. The first kappa shape index (κ1) is 15.0. The van der Waals surface area contributed by atoms with Crippen LogP contribution in [0.5, 0.6) is 0 Å². The van der Waals surface area contributed by atoms with Crippen molar-refractivity contribution in [2.75, 3.05) is 13.1 Å². The van der Waals surface area contributed by atoms with Gasteiger partial charge in [-0.15, -0.1) is 0 Å². The average molecular weight is 339 g/mol. The number of nitrogens with zero attached hydrogens (tertiary/aromatic N) is 3. The zero-order chi connectivity index (χ0) is 17.8. The van der Waals surface area contributed by atoms with Gasteiger partial charge in [0.25, 0.3) is 5.60 Å². The van der Waals surface area contributed by atoms with Crippen LogP contribution >= 0.6 is 0 Å². The van der Waals surface area contributed by atoms with Crippen molar-refractivity contribution in [3.05, 3.63) is 68.4 Å². The van der Waals surface area contributed by atoms with Crippen molar-refractivity contribution in [3.63, 3.8) is 0 Å². The van der Waals surface area contributed by atoms with Crippen molar-refractivity contribution < 1.29 is 14.5 Å². The molecule has 0 radical (unpaired) electrons. The van der Waals surface area contributed by atoms with Crippen LogP contribution in [0.25, 0.3) is 0 Å². The van der Waals surface area contributed by atoms with Gasteiger partial charge in [-0.3, -0.25) is 10.1 Å². The normalized spacial score (nSPS) is 24.4. The van der Waals surface area contributed by atoms with Gasteiger partial charge in [-0.25, -0.2) is 4.79 Å². The van der Waals surface area contributed by atoms with Crippen LogP contribution in [0.3, 0.4) is 0 Å². The Bertz CT molecular complexity index is 929. The molecule has 1 fully saturated rings. The van der Waals surface area contributed by atoms with E-state index in [-0.39, 0.29) is 28.3 Å². The van der Waals surface area contributed by atoms with Crippen molar-refractivity contribution in [1.82, 2.24) is 10.2 Å². The summed E-state index contributed by atoms with van der Waals surface area (Å²) in [5.41, 5.74) is 4.12. The van der Waals surface area contributed by atoms with Crippen LogP contribution in [0.15, 0.2) is 47.2 Å². The minimum Gasteiger partial charge on any atom is -0.433 e. The van der Waals surface area contributed by atoms with Crippen molar-refractivity contribution in [3.8, 4) is 6.07 Å². The molecule has 3 N–H and O–H groups in total. The Morgan fingerprint density at radius 1 is 1.44 bits per heavy atom. The second kappa shape index (κ2) is 4.98. The van der Waals surface area contributed by atoms with E-state index in [1.165, 1.54) is 11.0 Å². The Morgan fingerprint density at radius 3 is 2.92 bits per heavy atom. The highest BCUT2D eigenvalue weighted by Crippen LogP contribution is 2.51. The SMILES string of the molecule is N#CC1=C(N)N2CCCNC2=C([N+](=O)[O-])C12OC(=O)c1ccccc12. The summed E-state index contributed by atoms with van der Waals surface area (Å²) in [5.74, 6) is -0.502. The number of nitrogens with one attached hydrogen (secondary N) is 1. The highest BCUT2D eigenvalue weighted by molar-refractivity contribution is 5.96. The molecule has 3 aliphatic heterocycles. The number of carbonyl (C=O) groups is 1. The van der Waals surface area contributed by atoms with Crippen molar-refractivity contribution in [2.24, 2.45) is 5.73 Å². The van der Waals surface area contributed by atoms with Crippen LogP contribution in [0.1, 0.15) is 22.3 Å². The molecule has 1 spiro atoms. The number of hydrogen-bond acceptors (Lipinski definition) is 8. The monoisotopic (exact) mass is 339 g/mol. The zero-order valence-electron chi connectivity index (χ0n) is 13.0. The Kier molecular flexibility index (Phi) is 2.99. The highest BCUT2D eigenvalue weighted by atomic mass is 16.6. The molecule has 0 aromatic heterocycles. The first-order valence-electron chi connectivity index (χ1n) is 7.66. The van der Waals surface area contributed by atoms with Crippen molar-refractivity contribution in [1.29, 1.82) is 5.26 Å². The van der Waals surface area contributed by atoms with Gasteiger partial charge >= 0.3 is 11.7 Å². The second-order valence-electron chi connectivity index (χ2n) is 5.87. The molecule has 0 aliphatic carbocycles. The number of hydrogen-bond donors (Lipinski definition) is 2. The summed E-state index contributed by atoms with van der Waals surface area (Å²) >= 11 is 0. The molecule has 0 saturated carbocycles. The van der Waals surface area contributed by atoms with Crippen molar-refractivity contribution in [2.45, 2.75) is 12.0 Å². The number of benzene rings is 1. The van der Waals surface area contributed by atoms with E-state index < -0.39 is 22.2 Å². The van der Waals surface area contributed by atoms with Gasteiger partial charge in [-0.05, 0) is 12.5 Å². The topological polar surface area (TPSA) is 135 Å². The highest BCUT2D eigenvalue weighted by Gasteiger charge is 2.63. The second-order valence-corrected chi connectivity index (χ2v) is 5.87. The molecule has 4 rings (SSSR count). The van der Waals surface area contributed by atoms with Gasteiger partial charge in [0.2, 0.25) is 0 Å². The zero-order valence-corrected chi connectivity index (χ0v) is 13.0. The number of rotatable bonds is 1. The number of nitriles is 1. The van der Waals surface area contributed by atoms with Gasteiger partial charge in [0.15, 0.2) is 5.82 Å². The van der Waals surface area contributed by atoms with E-state index in [1.807, 2.05) is 6.07 Å². The molecule has 0 amide bonds. The molecule has 1 aromatic carbocycles. The van der Waals surface area contributed by atoms with Gasteiger partial charge in [0.1, 0.15) is 17.5 Å². The molecule has 25 heavy (non-hydrogen) atoms. The molecule has 126 valence electrons. The lowest BCUT2D eigenvalue weighted by atomic mass is 9.80. The van der Waals surface area contributed by atoms with Crippen LogP contribution < -0.4 is 11.1 Å². The smallest absolute Gasteiger partial charge is 0.340 e. The number of nitrogens with two attached hydrogens (primary N) is 1. The molecule has 9 heteroatoms. The lowest BCUT2D eigenvalue weighted by molar-refractivity contribution is -0.446. The summed E-state index contributed by atoms with van der Waals surface area (Å²) < 4.78 is 5.49. The molecule has 1 atom stereocenters. The predicted molar refractivity (Wildman–Crippen MR) is 83.7 cm³/mol. The van der Waals surface area contributed by atoms with Crippen LogP contribution in [0.2, 0.25) is 0 Å². The van der Waals surface area contributed by atoms with E-state index in [0.717, 1.165) is 0 Å². The molecule has 3 aliphatic rings. The molecule has 1 unspecified atom stereocenters. The first-order valence-corrected chi connectivity index (χ1v) is 7.66. The van der Waals surface area contributed by atoms with Gasteiger partial charge in [0.05, 0.1) is 10.5 Å². The molecule has 0 bridgehead atoms. The summed E-state index contributed by atoms with van der Waals surface area (Å²) in [4.78, 5) is 25.2. The van der Waals surface area contributed by atoms with Crippen LogP contribution in [-0.4, -0.2) is 28.9 Å². The standard InChI is InChI=1S/C16H13N5O4/c17-8-11-13(18)20-7-3-6-19-14(20)12(21(23)24)16(11)10-5-2-1-4-9(10)15(22)25-16/h1-2,4-5,19H,3,6-7,18H2. The Morgan fingerprint density at radius 2 is 2.20 bits per heavy atom. The maximum absolute atomic E-state index is 12.4. The largest absolute Gasteiger partial charge is 0.433 e. The Labute approximate surface area is 142 Å². The third kappa shape index (κ3) is 1.73. The van der Waals surface area contributed by atoms with Gasteiger partial charge in [-0.1, -0.05) is 18.2 Å². The summed E-state index contributed by atoms with van der Waals surface area (Å²) in [6, 6.07) is 8.26. The summed E-state index contributed by atoms with van der Waals surface area (Å²) in [6.07, 6.45) is 0.706. The number of fused-ring (bicyclic) bond motifs is 3. The average Bonchev–Trinajstić information content (AvgIpc) is 2.89. The quantitative estimate of drug-likeness (QED) is 0.429. The van der Waals surface area contributed by atoms with E-state index in [1.54, 1.807) is 18.2 Å². The number of ether oxygens (including phenoxy) is 1. The molecular weight excluding hydrogens is 326 g/mol. The van der Waals surface area contributed by atoms with Gasteiger partial charge in [0, 0.05) is 18.7 Å². The summed E-state index contributed by atoms with van der Waals surface area (Å²) in [7, 11) is 0. The minimum atomic E-state index is -1.94. The minimum absolute atomic E-state index is 0.0554. The molecular formula is C16H13N5O4. The number of nitro groups is 1. The molecule has 1 saturated heterocycles. The molecule has 3 heterocycles. The van der Waals surface area contributed by atoms with E-state index in [4.69, 9.17) is 10.5 Å². The van der Waals surface area contributed by atoms with Gasteiger partial charge in [-0.2, -0.15) is 5.26 Å². The maximum Gasteiger partial charge on any atom is 0.340 e. The fourth-order valence-corrected chi connectivity index (χ4v) is 3.63. The molecule has 9 nitrogen and oxygen atoms in total. The van der Waals surface area contributed by atoms with E-state index in [2.05, 4.69) is 5.32 Å². The number of carbonyl (C=O) groups excluding carboxylic acids is 1. The third-order valence-corrected chi connectivity index (χ3v) is 4.64. The Balaban J connectivity index is 2.11. The van der Waals surface area contributed by atoms with E-state index >= 15 is 0 Å². The Hall–Kier alpha value is -3.54. The fraction of sp³-hybridized carbons (Fsp3) is 0.250.